The summed E-state index contributed by atoms with van der Waals surface area (Å²) < 4.78 is 0. The maximum atomic E-state index is 10.4. The number of hydrogen-bond donors (Lipinski definition) is 4. The Bertz CT molecular complexity index is 171. The summed E-state index contributed by atoms with van der Waals surface area (Å²) in [5.41, 5.74) is 5.10. The van der Waals surface area contributed by atoms with E-state index in [9.17, 15) is 9.59 Å². The topological polar surface area (TPSA) is 113 Å². The Morgan fingerprint density at radius 1 is 1.42 bits per heavy atom. The van der Waals surface area contributed by atoms with Crippen molar-refractivity contribution in [2.24, 2.45) is 5.73 Å². The van der Waals surface area contributed by atoms with Gasteiger partial charge in [0.15, 0.2) is 0 Å². The summed E-state index contributed by atoms with van der Waals surface area (Å²) >= 11 is 0. The van der Waals surface area contributed by atoms with Gasteiger partial charge in [-0.15, -0.1) is 0 Å². The van der Waals surface area contributed by atoms with E-state index in [2.05, 4.69) is 5.32 Å². The first-order chi connectivity index (χ1) is 5.57. The van der Waals surface area contributed by atoms with Crippen LogP contribution >= 0.6 is 0 Å². The molecule has 0 fully saturated rings. The van der Waals surface area contributed by atoms with Crippen LogP contribution < -0.4 is 11.1 Å². The molecule has 0 aromatic carbocycles. The van der Waals surface area contributed by atoms with Crippen LogP contribution in [0.3, 0.4) is 0 Å². The molecule has 1 atom stereocenters. The fourth-order valence-corrected chi connectivity index (χ4v) is 0.679. The largest absolute Gasteiger partial charge is 0.481 e. The van der Waals surface area contributed by atoms with Crippen molar-refractivity contribution in [2.45, 2.75) is 12.5 Å². The first-order valence-corrected chi connectivity index (χ1v) is 3.46. The third-order valence-corrected chi connectivity index (χ3v) is 1.21. The molecule has 6 heteroatoms. The third kappa shape index (κ3) is 4.64. The second-order valence-corrected chi connectivity index (χ2v) is 2.23. The molecule has 0 saturated carbocycles. The first-order valence-electron chi connectivity index (χ1n) is 3.46. The molecule has 0 bridgehead atoms. The number of aliphatic carboxylic acids is 2. The molecule has 0 aliphatic carbocycles. The lowest BCUT2D eigenvalue weighted by molar-refractivity contribution is -0.145. The molecule has 0 aromatic heterocycles. The molecule has 0 radical (unpaired) electrons. The summed E-state index contributed by atoms with van der Waals surface area (Å²) in [6.45, 7) is 0.577. The van der Waals surface area contributed by atoms with Gasteiger partial charge in [-0.05, 0) is 0 Å². The first kappa shape index (κ1) is 10.9. The Morgan fingerprint density at radius 3 is 2.33 bits per heavy atom. The van der Waals surface area contributed by atoms with E-state index in [1.807, 2.05) is 0 Å². The molecule has 0 heterocycles. The normalized spacial score (nSPS) is 12.4. The fourth-order valence-electron chi connectivity index (χ4n) is 0.679. The predicted octanol–water partition coefficient (Wildman–Crippen LogP) is -1.54. The number of nitrogens with one attached hydrogen (secondary N) is 1. The smallest absolute Gasteiger partial charge is 0.321 e. The van der Waals surface area contributed by atoms with E-state index >= 15 is 0 Å². The van der Waals surface area contributed by atoms with Crippen LogP contribution in [0.5, 0.6) is 0 Å². The van der Waals surface area contributed by atoms with Gasteiger partial charge in [-0.1, -0.05) is 0 Å². The van der Waals surface area contributed by atoms with Crippen LogP contribution in [0, 0.1) is 0 Å². The molecule has 0 amide bonds. The van der Waals surface area contributed by atoms with Gasteiger partial charge in [-0.25, -0.2) is 0 Å². The van der Waals surface area contributed by atoms with Crippen molar-refractivity contribution in [3.63, 3.8) is 0 Å². The van der Waals surface area contributed by atoms with Gasteiger partial charge < -0.3 is 21.3 Å². The predicted molar refractivity (Wildman–Crippen MR) is 40.7 cm³/mol. The van der Waals surface area contributed by atoms with Gasteiger partial charge in [-0.2, -0.15) is 0 Å². The lowest BCUT2D eigenvalue weighted by atomic mass is 10.2. The molecule has 0 rings (SSSR count). The molecule has 6 nitrogen and oxygen atoms in total. The number of rotatable bonds is 6. The molecule has 1 unspecified atom stereocenters. The highest BCUT2D eigenvalue weighted by Gasteiger charge is 2.19. The molecule has 12 heavy (non-hydrogen) atoms. The zero-order chi connectivity index (χ0) is 9.56. The monoisotopic (exact) mass is 176 g/mol. The summed E-state index contributed by atoms with van der Waals surface area (Å²) in [5, 5.41) is 19.3. The Labute approximate surface area is 69.4 Å². The Balaban J connectivity index is 3.87. The summed E-state index contributed by atoms with van der Waals surface area (Å²) in [7, 11) is 0. The second kappa shape index (κ2) is 5.50. The van der Waals surface area contributed by atoms with E-state index in [0.717, 1.165) is 0 Å². The van der Waals surface area contributed by atoms with Crippen LogP contribution in [0.25, 0.3) is 0 Å². The average Bonchev–Trinajstić information content (AvgIpc) is 1.96. The maximum absolute atomic E-state index is 10.4. The number of carbonyl (C=O) groups is 2. The molecule has 0 aliphatic rings. The van der Waals surface area contributed by atoms with Gasteiger partial charge in [-0.3, -0.25) is 9.59 Å². The van der Waals surface area contributed by atoms with Gasteiger partial charge in [0, 0.05) is 13.1 Å². The molecule has 5 N–H and O–H groups in total. The van der Waals surface area contributed by atoms with Crippen molar-refractivity contribution in [2.75, 3.05) is 13.1 Å². The van der Waals surface area contributed by atoms with Crippen molar-refractivity contribution in [3.05, 3.63) is 0 Å². The molecule has 0 aliphatic heterocycles. The lowest BCUT2D eigenvalue weighted by Gasteiger charge is -2.10. The maximum Gasteiger partial charge on any atom is 0.321 e. The van der Waals surface area contributed by atoms with Gasteiger partial charge in [0.25, 0.3) is 0 Å². The van der Waals surface area contributed by atoms with Crippen LogP contribution in [0.1, 0.15) is 6.42 Å². The van der Waals surface area contributed by atoms with Crippen molar-refractivity contribution in [1.82, 2.24) is 5.32 Å². The van der Waals surface area contributed by atoms with Gasteiger partial charge in [0.2, 0.25) is 0 Å². The molecule has 0 spiro atoms. The van der Waals surface area contributed by atoms with Gasteiger partial charge in [0.05, 0.1) is 6.42 Å². The summed E-state index contributed by atoms with van der Waals surface area (Å²) in [6, 6.07) is -1.05. The highest BCUT2D eigenvalue weighted by Crippen LogP contribution is 1.91. The van der Waals surface area contributed by atoms with Crippen LogP contribution in [-0.4, -0.2) is 41.3 Å². The van der Waals surface area contributed by atoms with Crippen molar-refractivity contribution >= 4 is 11.9 Å². The van der Waals surface area contributed by atoms with E-state index in [0.29, 0.717) is 6.54 Å². The van der Waals surface area contributed by atoms with Crippen LogP contribution in [-0.2, 0) is 9.59 Å². The number of hydrogen-bond acceptors (Lipinski definition) is 4. The Kier molecular flexibility index (Phi) is 4.98. The zero-order valence-corrected chi connectivity index (χ0v) is 6.49. The van der Waals surface area contributed by atoms with E-state index in [1.54, 1.807) is 0 Å². The van der Waals surface area contributed by atoms with Crippen molar-refractivity contribution in [3.8, 4) is 0 Å². The molecule has 0 saturated heterocycles. The summed E-state index contributed by atoms with van der Waals surface area (Å²) in [6.07, 6.45) is -0.435. The fraction of sp³-hybridized carbons (Fsp3) is 0.667. The van der Waals surface area contributed by atoms with E-state index in [1.165, 1.54) is 0 Å². The minimum Gasteiger partial charge on any atom is -0.481 e. The Hall–Kier alpha value is -1.14. The van der Waals surface area contributed by atoms with E-state index in [-0.39, 0.29) is 6.54 Å². The summed E-state index contributed by atoms with van der Waals surface area (Å²) in [5.74, 6) is -2.32. The molecular formula is C6H12N2O4. The number of carboxylic acid groups (broad SMARTS) is 2. The van der Waals surface area contributed by atoms with Gasteiger partial charge in [0.1, 0.15) is 6.04 Å². The van der Waals surface area contributed by atoms with Crippen LogP contribution in [0.15, 0.2) is 0 Å². The van der Waals surface area contributed by atoms with Crippen LogP contribution in [0.4, 0.5) is 0 Å². The van der Waals surface area contributed by atoms with Gasteiger partial charge >= 0.3 is 11.9 Å². The highest BCUT2D eigenvalue weighted by molar-refractivity contribution is 5.80. The minimum absolute atomic E-state index is 0.281. The number of nitrogens with two attached hydrogens (primary N) is 1. The minimum atomic E-state index is -1.18. The average molecular weight is 176 g/mol. The number of carboxylic acids is 2. The van der Waals surface area contributed by atoms with E-state index < -0.39 is 24.4 Å². The van der Waals surface area contributed by atoms with E-state index in [4.69, 9.17) is 15.9 Å². The molecule has 0 aromatic rings. The quantitative estimate of drug-likeness (QED) is 0.390. The second-order valence-electron chi connectivity index (χ2n) is 2.23. The molecular weight excluding hydrogens is 164 g/mol. The van der Waals surface area contributed by atoms with Crippen LogP contribution in [0.2, 0.25) is 0 Å². The Morgan fingerprint density at radius 2 is 2.00 bits per heavy atom. The lowest BCUT2D eigenvalue weighted by Crippen LogP contribution is -2.40. The van der Waals surface area contributed by atoms with Crippen molar-refractivity contribution < 1.29 is 19.8 Å². The highest BCUT2D eigenvalue weighted by atomic mass is 16.4. The zero-order valence-electron chi connectivity index (χ0n) is 6.49. The third-order valence-electron chi connectivity index (χ3n) is 1.21. The standard InChI is InChI=1S/C6H12N2O4/c7-1-2-8-4(6(11)12)3-5(9)10/h4,8H,1-3,7H2,(H,9,10)(H,11,12). The van der Waals surface area contributed by atoms with Crippen molar-refractivity contribution in [1.29, 1.82) is 0 Å². The SMILES string of the molecule is NCCNC(CC(=O)O)C(=O)O. The molecule has 70 valence electrons. The summed E-state index contributed by atoms with van der Waals surface area (Å²) in [4.78, 5) is 20.5.